The van der Waals surface area contributed by atoms with Crippen LogP contribution in [0.15, 0.2) is 10.8 Å². The molecule has 0 bridgehead atoms. The molecule has 0 aliphatic carbocycles. The first-order valence-electron chi connectivity index (χ1n) is 6.71. The van der Waals surface area contributed by atoms with Gasteiger partial charge in [0.1, 0.15) is 0 Å². The predicted molar refractivity (Wildman–Crippen MR) is 76.1 cm³/mol. The summed E-state index contributed by atoms with van der Waals surface area (Å²) in [5, 5.41) is 15.8. The number of hydrogen-bond acceptors (Lipinski definition) is 4. The number of nitrogens with one attached hydrogen (secondary N) is 1. The van der Waals surface area contributed by atoms with Gasteiger partial charge in [0.05, 0.1) is 11.5 Å². The SMILES string of the molecule is Cc1cscc1C(=O)NCC(C(=O)O)C1CCOCC1. The van der Waals surface area contributed by atoms with Gasteiger partial charge < -0.3 is 15.2 Å². The summed E-state index contributed by atoms with van der Waals surface area (Å²) in [4.78, 5) is 23.4. The third-order valence-corrected chi connectivity index (χ3v) is 4.60. The summed E-state index contributed by atoms with van der Waals surface area (Å²) in [7, 11) is 0. The topological polar surface area (TPSA) is 75.6 Å². The van der Waals surface area contributed by atoms with Crippen molar-refractivity contribution in [3.63, 3.8) is 0 Å². The average molecular weight is 297 g/mol. The minimum absolute atomic E-state index is 0.0742. The number of aliphatic carboxylic acids is 1. The Kier molecular flexibility index (Phi) is 5.14. The minimum atomic E-state index is -0.848. The Morgan fingerprint density at radius 3 is 2.70 bits per heavy atom. The van der Waals surface area contributed by atoms with Crippen LogP contribution in [0.4, 0.5) is 0 Å². The molecule has 1 fully saturated rings. The van der Waals surface area contributed by atoms with E-state index in [9.17, 15) is 14.7 Å². The van der Waals surface area contributed by atoms with E-state index in [2.05, 4.69) is 5.32 Å². The van der Waals surface area contributed by atoms with E-state index in [4.69, 9.17) is 4.74 Å². The van der Waals surface area contributed by atoms with Crippen molar-refractivity contribution < 1.29 is 19.4 Å². The van der Waals surface area contributed by atoms with Crippen molar-refractivity contribution in [2.45, 2.75) is 19.8 Å². The van der Waals surface area contributed by atoms with Crippen LogP contribution in [-0.4, -0.2) is 36.7 Å². The van der Waals surface area contributed by atoms with Gasteiger partial charge in [0.2, 0.25) is 0 Å². The fourth-order valence-electron chi connectivity index (χ4n) is 2.46. The maximum Gasteiger partial charge on any atom is 0.308 e. The molecule has 110 valence electrons. The molecule has 1 unspecified atom stereocenters. The molecule has 1 aromatic heterocycles. The van der Waals surface area contributed by atoms with Gasteiger partial charge in [-0.15, -0.1) is 0 Å². The molecule has 0 aromatic carbocycles. The van der Waals surface area contributed by atoms with Gasteiger partial charge in [-0.3, -0.25) is 9.59 Å². The highest BCUT2D eigenvalue weighted by Gasteiger charge is 2.30. The quantitative estimate of drug-likeness (QED) is 0.870. The van der Waals surface area contributed by atoms with E-state index in [1.165, 1.54) is 11.3 Å². The summed E-state index contributed by atoms with van der Waals surface area (Å²) in [6.45, 7) is 3.25. The van der Waals surface area contributed by atoms with E-state index >= 15 is 0 Å². The van der Waals surface area contributed by atoms with E-state index in [1.54, 1.807) is 5.38 Å². The van der Waals surface area contributed by atoms with Crippen molar-refractivity contribution in [2.24, 2.45) is 11.8 Å². The van der Waals surface area contributed by atoms with Gasteiger partial charge in [-0.2, -0.15) is 11.3 Å². The molecule has 2 heterocycles. The summed E-state index contributed by atoms with van der Waals surface area (Å²) in [6.07, 6.45) is 1.48. The van der Waals surface area contributed by atoms with E-state index in [0.29, 0.717) is 18.8 Å². The van der Waals surface area contributed by atoms with Crippen LogP contribution >= 0.6 is 11.3 Å². The normalized spacial score (nSPS) is 17.6. The second-order valence-corrected chi connectivity index (χ2v) is 5.82. The Morgan fingerprint density at radius 1 is 1.45 bits per heavy atom. The van der Waals surface area contributed by atoms with Crippen molar-refractivity contribution in [3.05, 3.63) is 21.9 Å². The summed E-state index contributed by atoms with van der Waals surface area (Å²) in [6, 6.07) is 0. The van der Waals surface area contributed by atoms with Crippen molar-refractivity contribution in [1.82, 2.24) is 5.32 Å². The molecule has 1 aliphatic heterocycles. The molecule has 2 rings (SSSR count). The number of carboxylic acid groups (broad SMARTS) is 1. The Labute approximate surface area is 121 Å². The maximum atomic E-state index is 12.0. The number of amides is 1. The van der Waals surface area contributed by atoms with Crippen LogP contribution in [-0.2, 0) is 9.53 Å². The maximum absolute atomic E-state index is 12.0. The van der Waals surface area contributed by atoms with Crippen LogP contribution in [0.2, 0.25) is 0 Å². The Hall–Kier alpha value is -1.40. The summed E-state index contributed by atoms with van der Waals surface area (Å²) < 4.78 is 5.25. The van der Waals surface area contributed by atoms with E-state index < -0.39 is 11.9 Å². The van der Waals surface area contributed by atoms with Crippen LogP contribution in [0, 0.1) is 18.8 Å². The number of hydrogen-bond donors (Lipinski definition) is 2. The second kappa shape index (κ2) is 6.85. The molecule has 0 spiro atoms. The number of carbonyl (C=O) groups is 2. The Balaban J connectivity index is 1.93. The zero-order valence-electron chi connectivity index (χ0n) is 11.4. The number of carbonyl (C=O) groups excluding carboxylic acids is 1. The van der Waals surface area contributed by atoms with Crippen molar-refractivity contribution >= 4 is 23.2 Å². The molecular formula is C14H19NO4S. The fraction of sp³-hybridized carbons (Fsp3) is 0.571. The second-order valence-electron chi connectivity index (χ2n) is 5.07. The number of rotatable bonds is 5. The van der Waals surface area contributed by atoms with Crippen LogP contribution < -0.4 is 5.32 Å². The molecule has 0 saturated carbocycles. The zero-order chi connectivity index (χ0) is 14.5. The average Bonchev–Trinajstić information content (AvgIpc) is 2.86. The molecule has 1 amide bonds. The van der Waals surface area contributed by atoms with E-state index in [1.807, 2.05) is 12.3 Å². The largest absolute Gasteiger partial charge is 0.481 e. The standard InChI is InChI=1S/C14H19NO4S/c1-9-7-20-8-12(9)13(16)15-6-11(14(17)18)10-2-4-19-5-3-10/h7-8,10-11H,2-6H2,1H3,(H,15,16)(H,17,18). The smallest absolute Gasteiger partial charge is 0.308 e. The molecular weight excluding hydrogens is 278 g/mol. The highest BCUT2D eigenvalue weighted by Crippen LogP contribution is 2.24. The molecule has 1 aliphatic rings. The monoisotopic (exact) mass is 297 g/mol. The lowest BCUT2D eigenvalue weighted by Crippen LogP contribution is -2.39. The van der Waals surface area contributed by atoms with E-state index in [-0.39, 0.29) is 18.4 Å². The lowest BCUT2D eigenvalue weighted by molar-refractivity contribution is -0.144. The van der Waals surface area contributed by atoms with Crippen molar-refractivity contribution in [2.75, 3.05) is 19.8 Å². The van der Waals surface area contributed by atoms with Gasteiger partial charge in [-0.25, -0.2) is 0 Å². The zero-order valence-corrected chi connectivity index (χ0v) is 12.2. The van der Waals surface area contributed by atoms with Gasteiger partial charge in [0.15, 0.2) is 0 Å². The Morgan fingerprint density at radius 2 is 2.15 bits per heavy atom. The van der Waals surface area contributed by atoms with Gasteiger partial charge in [0.25, 0.3) is 5.91 Å². The molecule has 0 radical (unpaired) electrons. The molecule has 6 heteroatoms. The third-order valence-electron chi connectivity index (χ3n) is 3.73. The third kappa shape index (κ3) is 3.58. The lowest BCUT2D eigenvalue weighted by Gasteiger charge is -2.27. The Bertz CT molecular complexity index is 479. The number of ether oxygens (including phenoxy) is 1. The fourth-order valence-corrected chi connectivity index (χ4v) is 3.29. The molecule has 2 N–H and O–H groups in total. The number of aryl methyl sites for hydroxylation is 1. The number of thiophene rings is 1. The first kappa shape index (κ1) is 15.0. The molecule has 20 heavy (non-hydrogen) atoms. The van der Waals surface area contributed by atoms with Gasteiger partial charge in [0, 0.05) is 25.1 Å². The predicted octanol–water partition coefficient (Wildman–Crippen LogP) is 1.91. The van der Waals surface area contributed by atoms with E-state index in [0.717, 1.165) is 18.4 Å². The number of carboxylic acids is 1. The van der Waals surface area contributed by atoms with Gasteiger partial charge in [-0.05, 0) is 36.6 Å². The lowest BCUT2D eigenvalue weighted by atomic mass is 9.86. The van der Waals surface area contributed by atoms with Crippen LogP contribution in [0.5, 0.6) is 0 Å². The van der Waals surface area contributed by atoms with Crippen molar-refractivity contribution in [1.29, 1.82) is 0 Å². The van der Waals surface area contributed by atoms with Crippen LogP contribution in [0.25, 0.3) is 0 Å². The molecule has 1 saturated heterocycles. The molecule has 1 aromatic rings. The molecule has 5 nitrogen and oxygen atoms in total. The minimum Gasteiger partial charge on any atom is -0.481 e. The highest BCUT2D eigenvalue weighted by atomic mass is 32.1. The highest BCUT2D eigenvalue weighted by molar-refractivity contribution is 7.08. The first-order valence-corrected chi connectivity index (χ1v) is 7.65. The van der Waals surface area contributed by atoms with Gasteiger partial charge >= 0.3 is 5.97 Å². The summed E-state index contributed by atoms with van der Waals surface area (Å²) in [5.74, 6) is -1.51. The summed E-state index contributed by atoms with van der Waals surface area (Å²) >= 11 is 1.47. The van der Waals surface area contributed by atoms with Crippen molar-refractivity contribution in [3.8, 4) is 0 Å². The van der Waals surface area contributed by atoms with Crippen LogP contribution in [0.3, 0.4) is 0 Å². The van der Waals surface area contributed by atoms with Gasteiger partial charge in [-0.1, -0.05) is 0 Å². The first-order chi connectivity index (χ1) is 9.59. The summed E-state index contributed by atoms with van der Waals surface area (Å²) in [5.41, 5.74) is 1.55. The van der Waals surface area contributed by atoms with Crippen LogP contribution in [0.1, 0.15) is 28.8 Å². The molecule has 1 atom stereocenters.